The van der Waals surface area contributed by atoms with Crippen LogP contribution in [-0.4, -0.2) is 45.7 Å². The predicted octanol–water partition coefficient (Wildman–Crippen LogP) is -0.377. The van der Waals surface area contributed by atoms with Gasteiger partial charge in [-0.3, -0.25) is 4.21 Å². The van der Waals surface area contributed by atoms with Crippen LogP contribution in [0.3, 0.4) is 0 Å². The largest absolute Gasteiger partial charge is 0.260 e. The van der Waals surface area contributed by atoms with Gasteiger partial charge < -0.3 is 0 Å². The molecule has 7 nitrogen and oxygen atoms in total. The Bertz CT molecular complexity index is 508. The Morgan fingerprint density at radius 3 is 2.59 bits per heavy atom. The molecule has 98 valence electrons. The van der Waals surface area contributed by atoms with Gasteiger partial charge in [-0.15, -0.1) is 5.10 Å². The van der Waals surface area contributed by atoms with E-state index in [4.69, 9.17) is 0 Å². The molecule has 2 unspecified atom stereocenters. The van der Waals surface area contributed by atoms with Crippen LogP contribution in [0.4, 0.5) is 0 Å². The van der Waals surface area contributed by atoms with E-state index in [2.05, 4.69) is 31.0 Å². The third-order valence-electron chi connectivity index (χ3n) is 1.83. The highest BCUT2D eigenvalue weighted by atomic mass is 79.9. The summed E-state index contributed by atoms with van der Waals surface area (Å²) in [4.78, 5) is 0. The first-order valence-electron chi connectivity index (χ1n) is 4.61. The molecule has 0 aromatic carbocycles. The summed E-state index contributed by atoms with van der Waals surface area (Å²) in [5.74, 6) is 0.252. The second-order valence-corrected chi connectivity index (χ2v) is 7.43. The minimum absolute atomic E-state index is 0.0498. The van der Waals surface area contributed by atoms with Crippen LogP contribution in [0, 0.1) is 0 Å². The molecule has 2 atom stereocenters. The summed E-state index contributed by atoms with van der Waals surface area (Å²) in [6, 6.07) is -0.423. The second kappa shape index (κ2) is 5.55. The van der Waals surface area contributed by atoms with Crippen molar-refractivity contribution in [2.75, 3.05) is 12.0 Å². The number of nitrogens with one attached hydrogen (secondary N) is 1. The molecule has 1 aromatic heterocycles. The molecule has 0 saturated carbocycles. The van der Waals surface area contributed by atoms with Crippen molar-refractivity contribution in [2.24, 2.45) is 7.05 Å². The maximum absolute atomic E-state index is 12.0. The number of sulfonamides is 1. The van der Waals surface area contributed by atoms with Gasteiger partial charge in [-0.1, -0.05) is 5.21 Å². The molecule has 0 amide bonds. The fraction of sp³-hybridized carbons (Fsp3) is 0.714. The summed E-state index contributed by atoms with van der Waals surface area (Å²) in [6.07, 6.45) is 1.52. The number of hydrogen-bond donors (Lipinski definition) is 1. The Labute approximate surface area is 111 Å². The third-order valence-corrected chi connectivity index (χ3v) is 5.28. The Morgan fingerprint density at radius 2 is 2.18 bits per heavy atom. The molecule has 1 N–H and O–H groups in total. The van der Waals surface area contributed by atoms with E-state index in [1.165, 1.54) is 13.3 Å². The van der Waals surface area contributed by atoms with Crippen molar-refractivity contribution >= 4 is 36.8 Å². The van der Waals surface area contributed by atoms with Gasteiger partial charge in [0.2, 0.25) is 5.03 Å². The van der Waals surface area contributed by atoms with Crippen LogP contribution < -0.4 is 4.72 Å². The highest BCUT2D eigenvalue weighted by Gasteiger charge is 2.25. The van der Waals surface area contributed by atoms with Gasteiger partial charge in [0.15, 0.2) is 4.60 Å². The van der Waals surface area contributed by atoms with Gasteiger partial charge in [0.05, 0.1) is 0 Å². The van der Waals surface area contributed by atoms with Crippen LogP contribution in [0.1, 0.15) is 6.92 Å². The smallest absolute Gasteiger partial charge is 0.260 e. The van der Waals surface area contributed by atoms with E-state index in [0.717, 1.165) is 4.68 Å². The molecule has 17 heavy (non-hydrogen) atoms. The normalized spacial score (nSPS) is 15.8. The van der Waals surface area contributed by atoms with Crippen LogP contribution >= 0.6 is 15.9 Å². The first-order chi connectivity index (χ1) is 7.74. The van der Waals surface area contributed by atoms with Gasteiger partial charge in [0, 0.05) is 35.9 Å². The average molecular weight is 345 g/mol. The number of aromatic nitrogens is 3. The lowest BCUT2D eigenvalue weighted by atomic mass is 10.4. The van der Waals surface area contributed by atoms with E-state index < -0.39 is 26.9 Å². The summed E-state index contributed by atoms with van der Waals surface area (Å²) < 4.78 is 38.7. The topological polar surface area (TPSA) is 93.9 Å². The van der Waals surface area contributed by atoms with E-state index in [1.807, 2.05) is 0 Å². The molecule has 0 spiro atoms. The van der Waals surface area contributed by atoms with Gasteiger partial charge in [-0.2, -0.15) is 0 Å². The quantitative estimate of drug-likeness (QED) is 0.785. The first kappa shape index (κ1) is 14.7. The summed E-state index contributed by atoms with van der Waals surface area (Å²) in [6.45, 7) is 1.65. The zero-order valence-corrected chi connectivity index (χ0v) is 12.8. The van der Waals surface area contributed by atoms with Crippen molar-refractivity contribution in [1.29, 1.82) is 0 Å². The molecule has 1 heterocycles. The Balaban J connectivity index is 2.94. The van der Waals surface area contributed by atoms with Crippen molar-refractivity contribution in [1.82, 2.24) is 19.7 Å². The summed E-state index contributed by atoms with van der Waals surface area (Å²) in [5, 5.41) is 7.14. The predicted molar refractivity (Wildman–Crippen MR) is 67.4 cm³/mol. The highest BCUT2D eigenvalue weighted by Crippen LogP contribution is 2.17. The van der Waals surface area contributed by atoms with Crippen LogP contribution in [0.25, 0.3) is 0 Å². The average Bonchev–Trinajstić information content (AvgIpc) is 2.43. The van der Waals surface area contributed by atoms with Crippen molar-refractivity contribution in [3.8, 4) is 0 Å². The third kappa shape index (κ3) is 3.83. The highest BCUT2D eigenvalue weighted by molar-refractivity contribution is 9.10. The lowest BCUT2D eigenvalue weighted by Gasteiger charge is -2.12. The molecular weight excluding hydrogens is 332 g/mol. The Morgan fingerprint density at radius 1 is 1.59 bits per heavy atom. The molecule has 1 aromatic rings. The molecule has 0 radical (unpaired) electrons. The molecule has 0 fully saturated rings. The second-order valence-electron chi connectivity index (χ2n) is 3.57. The maximum Gasteiger partial charge on any atom is 0.260 e. The van der Waals surface area contributed by atoms with Crippen LogP contribution in [0.15, 0.2) is 9.63 Å². The summed E-state index contributed by atoms with van der Waals surface area (Å²) in [5.41, 5.74) is 0. The number of nitrogens with zero attached hydrogens (tertiary/aromatic N) is 3. The first-order valence-corrected chi connectivity index (χ1v) is 8.62. The minimum Gasteiger partial charge on any atom is -0.260 e. The number of halogens is 1. The molecule has 0 aliphatic carbocycles. The Hall–Kier alpha value is -0.320. The molecule has 0 aliphatic heterocycles. The van der Waals surface area contributed by atoms with Crippen LogP contribution in [0.2, 0.25) is 0 Å². The summed E-state index contributed by atoms with van der Waals surface area (Å²) in [7, 11) is -3.30. The lowest BCUT2D eigenvalue weighted by Crippen LogP contribution is -2.37. The number of rotatable bonds is 5. The van der Waals surface area contributed by atoms with Gasteiger partial charge in [0.1, 0.15) is 0 Å². The van der Waals surface area contributed by atoms with Crippen LogP contribution in [-0.2, 0) is 27.9 Å². The summed E-state index contributed by atoms with van der Waals surface area (Å²) >= 11 is 3.02. The minimum atomic E-state index is -3.72. The van der Waals surface area contributed by atoms with Crippen LogP contribution in [0.5, 0.6) is 0 Å². The molecular formula is C7H13BrN4O3S2. The van der Waals surface area contributed by atoms with Gasteiger partial charge in [-0.25, -0.2) is 17.8 Å². The zero-order chi connectivity index (χ0) is 13.2. The fourth-order valence-electron chi connectivity index (χ4n) is 1.31. The SMILES string of the molecule is CC(CS(C)=O)NS(=O)(=O)c1c(Br)nnn1C. The molecule has 1 rings (SSSR count). The lowest BCUT2D eigenvalue weighted by molar-refractivity contribution is 0.550. The van der Waals surface area contributed by atoms with E-state index >= 15 is 0 Å². The van der Waals surface area contributed by atoms with Crippen molar-refractivity contribution in [3.05, 3.63) is 4.60 Å². The van der Waals surface area contributed by atoms with E-state index in [9.17, 15) is 12.6 Å². The Kier molecular flexibility index (Phi) is 4.81. The standard InChI is InChI=1S/C7H13BrN4O3S2/c1-5(4-16(3)13)10-17(14,15)7-6(8)9-11-12(7)2/h5,10H,4H2,1-3H3. The van der Waals surface area contributed by atoms with E-state index in [1.54, 1.807) is 6.92 Å². The number of hydrogen-bond acceptors (Lipinski definition) is 5. The zero-order valence-electron chi connectivity index (χ0n) is 9.55. The molecule has 0 bridgehead atoms. The number of aryl methyl sites for hydroxylation is 1. The van der Waals surface area contributed by atoms with Gasteiger partial charge in [-0.05, 0) is 22.9 Å². The monoisotopic (exact) mass is 344 g/mol. The molecule has 10 heteroatoms. The van der Waals surface area contributed by atoms with Crippen molar-refractivity contribution < 1.29 is 12.6 Å². The van der Waals surface area contributed by atoms with Gasteiger partial charge >= 0.3 is 0 Å². The fourth-order valence-corrected chi connectivity index (χ4v) is 4.55. The molecule has 0 saturated heterocycles. The maximum atomic E-state index is 12.0. The molecule has 0 aliphatic rings. The van der Waals surface area contributed by atoms with Gasteiger partial charge in [0.25, 0.3) is 10.0 Å². The van der Waals surface area contributed by atoms with Crippen molar-refractivity contribution in [3.63, 3.8) is 0 Å². The van der Waals surface area contributed by atoms with E-state index in [0.29, 0.717) is 0 Å². The van der Waals surface area contributed by atoms with E-state index in [-0.39, 0.29) is 15.4 Å². The van der Waals surface area contributed by atoms with Crippen molar-refractivity contribution in [2.45, 2.75) is 18.0 Å².